The zero-order valence-corrected chi connectivity index (χ0v) is 17.1. The molecule has 1 saturated heterocycles. The zero-order chi connectivity index (χ0) is 19.5. The van der Waals surface area contributed by atoms with Gasteiger partial charge in [0.05, 0.1) is 11.3 Å². The zero-order valence-electron chi connectivity index (χ0n) is 15.5. The smallest absolute Gasteiger partial charge is 0.258 e. The van der Waals surface area contributed by atoms with Gasteiger partial charge in [0.2, 0.25) is 5.88 Å². The summed E-state index contributed by atoms with van der Waals surface area (Å²) in [5, 5.41) is 11.4. The number of pyridine rings is 1. The highest BCUT2D eigenvalue weighted by molar-refractivity contribution is 9.10. The van der Waals surface area contributed by atoms with Crippen LogP contribution in [-0.2, 0) is 6.54 Å². The van der Waals surface area contributed by atoms with Gasteiger partial charge in [0.1, 0.15) is 0 Å². The van der Waals surface area contributed by atoms with Crippen LogP contribution in [0, 0.1) is 0 Å². The molecule has 1 aromatic heterocycles. The summed E-state index contributed by atoms with van der Waals surface area (Å²) >= 11 is 3.38. The Labute approximate surface area is 171 Å². The third kappa shape index (κ3) is 4.18. The minimum Gasteiger partial charge on any atom is -0.494 e. The number of nitrogens with one attached hydrogen (secondary N) is 1. The highest BCUT2D eigenvalue weighted by Crippen LogP contribution is 2.25. The molecular weight excluding hydrogens is 418 g/mol. The molecule has 3 aromatic rings. The van der Waals surface area contributed by atoms with Crippen LogP contribution >= 0.6 is 15.9 Å². The average molecular weight is 440 g/mol. The van der Waals surface area contributed by atoms with Crippen molar-refractivity contribution in [3.05, 3.63) is 68.4 Å². The van der Waals surface area contributed by atoms with Gasteiger partial charge in [-0.1, -0.05) is 40.5 Å². The molecule has 28 heavy (non-hydrogen) atoms. The first-order valence-electron chi connectivity index (χ1n) is 9.50. The number of aromatic nitrogens is 1. The first-order chi connectivity index (χ1) is 13.6. The maximum Gasteiger partial charge on any atom is 0.258 e. The predicted octanol–water partition coefficient (Wildman–Crippen LogP) is 4.73. The van der Waals surface area contributed by atoms with E-state index in [2.05, 4.69) is 42.9 Å². The monoisotopic (exact) mass is 439 g/mol. The van der Waals surface area contributed by atoms with E-state index in [0.717, 1.165) is 16.7 Å². The van der Waals surface area contributed by atoms with Crippen molar-refractivity contribution in [1.82, 2.24) is 9.88 Å². The summed E-state index contributed by atoms with van der Waals surface area (Å²) in [5.41, 5.74) is 2.26. The maximum atomic E-state index is 12.1. The van der Waals surface area contributed by atoms with E-state index >= 15 is 0 Å². The molecular formula is C22H22BrN3O2. The van der Waals surface area contributed by atoms with Crippen molar-refractivity contribution >= 4 is 38.6 Å². The van der Waals surface area contributed by atoms with Crippen LogP contribution in [0.15, 0.2) is 56.7 Å². The summed E-state index contributed by atoms with van der Waals surface area (Å²) in [6.07, 6.45) is 5.51. The van der Waals surface area contributed by atoms with E-state index in [0.29, 0.717) is 16.3 Å². The van der Waals surface area contributed by atoms with E-state index in [1.54, 1.807) is 18.3 Å². The van der Waals surface area contributed by atoms with Crippen molar-refractivity contribution < 1.29 is 5.11 Å². The molecule has 1 aliphatic heterocycles. The number of halogens is 1. The van der Waals surface area contributed by atoms with Crippen LogP contribution < -0.4 is 5.56 Å². The average Bonchev–Trinajstić information content (AvgIpc) is 2.70. The van der Waals surface area contributed by atoms with Gasteiger partial charge in [0, 0.05) is 28.0 Å². The molecule has 144 valence electrons. The van der Waals surface area contributed by atoms with E-state index in [1.165, 1.54) is 37.9 Å². The number of aromatic hydroxyl groups is 1. The van der Waals surface area contributed by atoms with Crippen LogP contribution in [0.2, 0.25) is 0 Å². The molecule has 0 amide bonds. The molecule has 0 unspecified atom stereocenters. The molecule has 2 heterocycles. The number of likely N-dealkylation sites (tertiary alicyclic amines) is 1. The van der Waals surface area contributed by atoms with Gasteiger partial charge in [-0.05, 0) is 55.8 Å². The third-order valence-corrected chi connectivity index (χ3v) is 5.63. The number of H-pyrrole nitrogens is 1. The lowest BCUT2D eigenvalue weighted by atomic mass is 10.1. The highest BCUT2D eigenvalue weighted by Gasteiger charge is 2.11. The number of benzene rings is 2. The Morgan fingerprint density at radius 2 is 1.82 bits per heavy atom. The Hall–Kier alpha value is -2.44. The van der Waals surface area contributed by atoms with Gasteiger partial charge in [0.15, 0.2) is 0 Å². The van der Waals surface area contributed by atoms with Crippen LogP contribution in [0.1, 0.15) is 30.4 Å². The first kappa shape index (κ1) is 18.9. The lowest BCUT2D eigenvalue weighted by Crippen LogP contribution is -2.28. The lowest BCUT2D eigenvalue weighted by molar-refractivity contribution is 0.221. The molecule has 4 rings (SSSR count). The molecule has 0 aliphatic carbocycles. The Balaban J connectivity index is 1.56. The standard InChI is InChI=1S/C22H22BrN3O2/c23-16-6-9-18-19(12-16)21(27)25-22(28)20(18)13-24-17-7-4-15(5-8-17)14-26-10-2-1-3-11-26/h4-9,12-13H,1-3,10-11,14H2,(H2,25,27,28). The van der Waals surface area contributed by atoms with E-state index in [-0.39, 0.29) is 11.4 Å². The maximum absolute atomic E-state index is 12.1. The SMILES string of the molecule is O=c1[nH]c(O)c(C=Nc2ccc(CN3CCCCC3)cc2)c2ccc(Br)cc12. The minimum absolute atomic E-state index is 0.176. The topological polar surface area (TPSA) is 68.7 Å². The minimum atomic E-state index is -0.326. The van der Waals surface area contributed by atoms with Crippen molar-refractivity contribution in [3.8, 4) is 5.88 Å². The van der Waals surface area contributed by atoms with E-state index in [9.17, 15) is 9.90 Å². The normalized spacial score (nSPS) is 15.5. The second-order valence-corrected chi connectivity index (χ2v) is 8.08. The highest BCUT2D eigenvalue weighted by atomic mass is 79.9. The Bertz CT molecular complexity index is 1070. The van der Waals surface area contributed by atoms with Crippen LogP contribution in [0.3, 0.4) is 0 Å². The number of hydrogen-bond donors (Lipinski definition) is 2. The van der Waals surface area contributed by atoms with Crippen molar-refractivity contribution in [2.24, 2.45) is 4.99 Å². The Kier molecular flexibility index (Phi) is 5.59. The third-order valence-electron chi connectivity index (χ3n) is 5.14. The van der Waals surface area contributed by atoms with E-state index < -0.39 is 0 Å². The van der Waals surface area contributed by atoms with Gasteiger partial charge < -0.3 is 5.11 Å². The van der Waals surface area contributed by atoms with Crippen LogP contribution in [0.5, 0.6) is 5.88 Å². The molecule has 1 aliphatic rings. The molecule has 0 atom stereocenters. The van der Waals surface area contributed by atoms with Crippen molar-refractivity contribution in [2.75, 3.05) is 13.1 Å². The molecule has 6 heteroatoms. The predicted molar refractivity (Wildman–Crippen MR) is 117 cm³/mol. The largest absolute Gasteiger partial charge is 0.494 e. The first-order valence-corrected chi connectivity index (χ1v) is 10.3. The molecule has 0 saturated carbocycles. The van der Waals surface area contributed by atoms with Crippen molar-refractivity contribution in [1.29, 1.82) is 0 Å². The van der Waals surface area contributed by atoms with Crippen LogP contribution in [0.4, 0.5) is 5.69 Å². The van der Waals surface area contributed by atoms with Gasteiger partial charge in [-0.25, -0.2) is 0 Å². The van der Waals surface area contributed by atoms with E-state index in [1.807, 2.05) is 18.2 Å². The number of fused-ring (bicyclic) bond motifs is 1. The number of aliphatic imine (C=N–C) groups is 1. The fraction of sp³-hybridized carbons (Fsp3) is 0.273. The number of aromatic amines is 1. The molecule has 0 spiro atoms. The molecule has 2 aromatic carbocycles. The fourth-order valence-electron chi connectivity index (χ4n) is 3.64. The molecule has 0 bridgehead atoms. The summed E-state index contributed by atoms with van der Waals surface area (Å²) < 4.78 is 0.809. The van der Waals surface area contributed by atoms with Gasteiger partial charge in [-0.3, -0.25) is 19.7 Å². The number of rotatable bonds is 4. The summed E-state index contributed by atoms with van der Waals surface area (Å²) in [7, 11) is 0. The van der Waals surface area contributed by atoms with Gasteiger partial charge >= 0.3 is 0 Å². The van der Waals surface area contributed by atoms with Gasteiger partial charge in [0.25, 0.3) is 5.56 Å². The number of hydrogen-bond acceptors (Lipinski definition) is 4. The lowest BCUT2D eigenvalue weighted by Gasteiger charge is -2.26. The van der Waals surface area contributed by atoms with Crippen molar-refractivity contribution in [3.63, 3.8) is 0 Å². The summed E-state index contributed by atoms with van der Waals surface area (Å²) in [6.45, 7) is 3.33. The molecule has 2 N–H and O–H groups in total. The van der Waals surface area contributed by atoms with Gasteiger partial charge in [-0.15, -0.1) is 0 Å². The van der Waals surface area contributed by atoms with Crippen LogP contribution in [-0.4, -0.2) is 34.3 Å². The molecule has 5 nitrogen and oxygen atoms in total. The summed E-state index contributed by atoms with van der Waals surface area (Å²) in [5.74, 6) is -0.176. The molecule has 0 radical (unpaired) electrons. The fourth-order valence-corrected chi connectivity index (χ4v) is 4.00. The van der Waals surface area contributed by atoms with Crippen molar-refractivity contribution in [2.45, 2.75) is 25.8 Å². The second-order valence-electron chi connectivity index (χ2n) is 7.17. The summed E-state index contributed by atoms with van der Waals surface area (Å²) in [4.78, 5) is 21.6. The molecule has 1 fully saturated rings. The quantitative estimate of drug-likeness (QED) is 0.577. The second kappa shape index (κ2) is 8.29. The number of nitrogens with zero attached hydrogens (tertiary/aromatic N) is 2. The van der Waals surface area contributed by atoms with Gasteiger partial charge in [-0.2, -0.15) is 0 Å². The van der Waals surface area contributed by atoms with Crippen LogP contribution in [0.25, 0.3) is 10.8 Å². The Morgan fingerprint density at radius 3 is 2.57 bits per heavy atom. The number of piperidine rings is 1. The van der Waals surface area contributed by atoms with E-state index in [4.69, 9.17) is 0 Å². The Morgan fingerprint density at radius 1 is 1.07 bits per heavy atom. The summed E-state index contributed by atoms with van der Waals surface area (Å²) in [6, 6.07) is 13.5.